The van der Waals surface area contributed by atoms with Crippen molar-refractivity contribution in [2.45, 2.75) is 26.3 Å². The van der Waals surface area contributed by atoms with Gasteiger partial charge < -0.3 is 4.90 Å². The van der Waals surface area contributed by atoms with Crippen molar-refractivity contribution in [2.24, 2.45) is 11.8 Å². The zero-order chi connectivity index (χ0) is 14.7. The van der Waals surface area contributed by atoms with Crippen LogP contribution in [0.4, 0.5) is 0 Å². The van der Waals surface area contributed by atoms with Crippen molar-refractivity contribution in [3.05, 3.63) is 16.9 Å². The number of carbonyl (C=O) groups is 2. The zero-order valence-electron chi connectivity index (χ0n) is 11.3. The monoisotopic (exact) mass is 299 g/mol. The Morgan fingerprint density at radius 3 is 2.65 bits per heavy atom. The molecule has 1 aliphatic rings. The molecule has 1 aromatic heterocycles. The van der Waals surface area contributed by atoms with Gasteiger partial charge in [-0.1, -0.05) is 11.6 Å². The van der Waals surface area contributed by atoms with Gasteiger partial charge in [-0.05, 0) is 19.8 Å². The van der Waals surface area contributed by atoms with E-state index in [1.54, 1.807) is 9.58 Å². The van der Waals surface area contributed by atoms with Gasteiger partial charge in [0.05, 0.1) is 16.9 Å². The molecule has 1 saturated heterocycles. The SMILES string of the molecule is Cc1c(Cl)cnn1CC(=O)N1CCC(C(=O)NN)CC1. The van der Waals surface area contributed by atoms with Gasteiger partial charge in [0.15, 0.2) is 0 Å². The van der Waals surface area contributed by atoms with Gasteiger partial charge in [-0.3, -0.25) is 19.7 Å². The standard InChI is InChI=1S/C12H18ClN5O2/c1-8-10(13)6-15-18(8)7-11(19)17-4-2-9(3-5-17)12(20)16-14/h6,9H,2-5,7,14H2,1H3,(H,16,20). The van der Waals surface area contributed by atoms with Crippen LogP contribution in [-0.4, -0.2) is 39.6 Å². The van der Waals surface area contributed by atoms with Gasteiger partial charge in [0.1, 0.15) is 6.54 Å². The predicted octanol–water partition coefficient (Wildman–Crippen LogP) is 0.0734. The van der Waals surface area contributed by atoms with Crippen molar-refractivity contribution in [3.63, 3.8) is 0 Å². The molecule has 7 nitrogen and oxygen atoms in total. The lowest BCUT2D eigenvalue weighted by atomic mass is 9.96. The average Bonchev–Trinajstić information content (AvgIpc) is 2.78. The van der Waals surface area contributed by atoms with E-state index in [1.807, 2.05) is 6.92 Å². The Morgan fingerprint density at radius 2 is 2.15 bits per heavy atom. The minimum atomic E-state index is -0.160. The maximum absolute atomic E-state index is 12.2. The molecule has 0 bridgehead atoms. The lowest BCUT2D eigenvalue weighted by Gasteiger charge is -2.31. The molecule has 0 radical (unpaired) electrons. The Labute approximate surface area is 122 Å². The first kappa shape index (κ1) is 14.8. The van der Waals surface area contributed by atoms with Gasteiger partial charge in [-0.15, -0.1) is 0 Å². The van der Waals surface area contributed by atoms with E-state index in [9.17, 15) is 9.59 Å². The first-order valence-corrected chi connectivity index (χ1v) is 6.87. The molecule has 0 aliphatic carbocycles. The van der Waals surface area contributed by atoms with Crippen LogP contribution in [-0.2, 0) is 16.1 Å². The number of rotatable bonds is 3. The van der Waals surface area contributed by atoms with E-state index in [2.05, 4.69) is 10.5 Å². The van der Waals surface area contributed by atoms with Gasteiger partial charge in [0, 0.05) is 19.0 Å². The summed E-state index contributed by atoms with van der Waals surface area (Å²) < 4.78 is 1.59. The number of nitrogens with one attached hydrogen (secondary N) is 1. The normalized spacial score (nSPS) is 16.2. The molecule has 0 spiro atoms. The van der Waals surface area contributed by atoms with Crippen LogP contribution in [0.25, 0.3) is 0 Å². The third-order valence-electron chi connectivity index (χ3n) is 3.69. The highest BCUT2D eigenvalue weighted by Crippen LogP contribution is 2.18. The van der Waals surface area contributed by atoms with Crippen LogP contribution in [0.1, 0.15) is 18.5 Å². The van der Waals surface area contributed by atoms with Crippen molar-refractivity contribution < 1.29 is 9.59 Å². The van der Waals surface area contributed by atoms with Crippen LogP contribution < -0.4 is 11.3 Å². The number of nitrogens with zero attached hydrogens (tertiary/aromatic N) is 3. The van der Waals surface area contributed by atoms with Crippen LogP contribution in [0.3, 0.4) is 0 Å². The molecule has 110 valence electrons. The first-order valence-electron chi connectivity index (χ1n) is 6.49. The van der Waals surface area contributed by atoms with Crippen molar-refractivity contribution in [3.8, 4) is 0 Å². The summed E-state index contributed by atoms with van der Waals surface area (Å²) in [6, 6.07) is 0. The number of halogens is 1. The minimum absolute atomic E-state index is 0.0144. The molecule has 2 rings (SSSR count). The Kier molecular flexibility index (Phi) is 4.61. The van der Waals surface area contributed by atoms with Crippen LogP contribution in [0.15, 0.2) is 6.20 Å². The van der Waals surface area contributed by atoms with Crippen LogP contribution in [0, 0.1) is 12.8 Å². The summed E-state index contributed by atoms with van der Waals surface area (Å²) in [7, 11) is 0. The smallest absolute Gasteiger partial charge is 0.244 e. The Morgan fingerprint density at radius 1 is 1.50 bits per heavy atom. The lowest BCUT2D eigenvalue weighted by molar-refractivity contribution is -0.136. The molecule has 2 amide bonds. The van der Waals surface area contributed by atoms with Gasteiger partial charge in [0.2, 0.25) is 11.8 Å². The molecule has 1 aliphatic heterocycles. The molecule has 1 fully saturated rings. The van der Waals surface area contributed by atoms with Crippen LogP contribution >= 0.6 is 11.6 Å². The first-order chi connectivity index (χ1) is 9.52. The van der Waals surface area contributed by atoms with E-state index in [1.165, 1.54) is 6.20 Å². The molecule has 3 N–H and O–H groups in total. The lowest BCUT2D eigenvalue weighted by Crippen LogP contribution is -2.45. The molecular weight excluding hydrogens is 282 g/mol. The summed E-state index contributed by atoms with van der Waals surface area (Å²) in [4.78, 5) is 25.3. The Bertz CT molecular complexity index is 508. The van der Waals surface area contributed by atoms with E-state index in [0.717, 1.165) is 5.69 Å². The highest BCUT2D eigenvalue weighted by atomic mass is 35.5. The molecule has 0 atom stereocenters. The molecule has 8 heteroatoms. The van der Waals surface area contributed by atoms with E-state index >= 15 is 0 Å². The van der Waals surface area contributed by atoms with E-state index in [0.29, 0.717) is 31.0 Å². The summed E-state index contributed by atoms with van der Waals surface area (Å²) >= 11 is 5.90. The molecule has 0 unspecified atom stereocenters. The zero-order valence-corrected chi connectivity index (χ0v) is 12.1. The third-order valence-corrected chi connectivity index (χ3v) is 4.06. The molecule has 0 aromatic carbocycles. The van der Waals surface area contributed by atoms with E-state index in [-0.39, 0.29) is 24.3 Å². The molecule has 1 aromatic rings. The number of hydrogen-bond donors (Lipinski definition) is 2. The van der Waals surface area contributed by atoms with Gasteiger partial charge in [0.25, 0.3) is 0 Å². The Balaban J connectivity index is 1.89. The number of piperidine rings is 1. The second-order valence-electron chi connectivity index (χ2n) is 4.90. The maximum atomic E-state index is 12.2. The fourth-order valence-corrected chi connectivity index (χ4v) is 2.46. The Hall–Kier alpha value is -1.60. The quantitative estimate of drug-likeness (QED) is 0.469. The van der Waals surface area contributed by atoms with E-state index < -0.39 is 0 Å². The highest BCUT2D eigenvalue weighted by Gasteiger charge is 2.27. The molecule has 0 saturated carbocycles. The fraction of sp³-hybridized carbons (Fsp3) is 0.583. The van der Waals surface area contributed by atoms with E-state index in [4.69, 9.17) is 17.4 Å². The predicted molar refractivity (Wildman–Crippen MR) is 73.6 cm³/mol. The summed E-state index contributed by atoms with van der Waals surface area (Å²) in [6.07, 6.45) is 2.79. The van der Waals surface area contributed by atoms with Crippen LogP contribution in [0.5, 0.6) is 0 Å². The number of carbonyl (C=O) groups excluding carboxylic acids is 2. The number of aromatic nitrogens is 2. The summed E-state index contributed by atoms with van der Waals surface area (Å²) in [5.74, 6) is 4.83. The van der Waals surface area contributed by atoms with Crippen molar-refractivity contribution >= 4 is 23.4 Å². The molecule has 2 heterocycles. The number of likely N-dealkylation sites (tertiary alicyclic amines) is 1. The third kappa shape index (κ3) is 3.10. The van der Waals surface area contributed by atoms with Crippen molar-refractivity contribution in [2.75, 3.05) is 13.1 Å². The van der Waals surface area contributed by atoms with Crippen molar-refractivity contribution in [1.29, 1.82) is 0 Å². The number of hydrogen-bond acceptors (Lipinski definition) is 4. The van der Waals surface area contributed by atoms with Gasteiger partial charge in [-0.2, -0.15) is 5.10 Å². The minimum Gasteiger partial charge on any atom is -0.341 e. The number of nitrogens with two attached hydrogens (primary N) is 1. The van der Waals surface area contributed by atoms with Gasteiger partial charge in [-0.25, -0.2) is 5.84 Å². The number of hydrazine groups is 1. The summed E-state index contributed by atoms with van der Waals surface area (Å²) in [5, 5.41) is 4.62. The highest BCUT2D eigenvalue weighted by molar-refractivity contribution is 6.31. The molecular formula is C12H18ClN5O2. The van der Waals surface area contributed by atoms with Crippen molar-refractivity contribution in [1.82, 2.24) is 20.1 Å². The topological polar surface area (TPSA) is 93.2 Å². The fourth-order valence-electron chi connectivity index (χ4n) is 2.32. The second-order valence-corrected chi connectivity index (χ2v) is 5.31. The summed E-state index contributed by atoms with van der Waals surface area (Å²) in [5.41, 5.74) is 2.93. The second kappa shape index (κ2) is 6.23. The van der Waals surface area contributed by atoms with Gasteiger partial charge >= 0.3 is 0 Å². The number of amides is 2. The average molecular weight is 300 g/mol. The van der Waals surface area contributed by atoms with Crippen LogP contribution in [0.2, 0.25) is 5.02 Å². The summed E-state index contributed by atoms with van der Waals surface area (Å²) in [6.45, 7) is 3.11. The maximum Gasteiger partial charge on any atom is 0.244 e. The molecule has 20 heavy (non-hydrogen) atoms. The largest absolute Gasteiger partial charge is 0.341 e.